The summed E-state index contributed by atoms with van der Waals surface area (Å²) in [4.78, 5) is 51.3. The van der Waals surface area contributed by atoms with Gasteiger partial charge in [0.15, 0.2) is 5.78 Å². The van der Waals surface area contributed by atoms with E-state index in [0.717, 1.165) is 79.0 Å². The zero-order valence-corrected chi connectivity index (χ0v) is 29.7. The third-order valence-corrected chi connectivity index (χ3v) is 10.8. The molecule has 2 aliphatic heterocycles. The molecule has 3 atom stereocenters. The minimum Gasteiger partial charge on any atom is -0.468 e. The van der Waals surface area contributed by atoms with Crippen molar-refractivity contribution in [3.05, 3.63) is 96.5 Å². The highest BCUT2D eigenvalue weighted by Gasteiger charge is 2.48. The standard InChI is InChI=1S/C40H46N4O5/c1-10-19(3)14-15-49-33(45)13-12-26-23(7)30-17-29-22(6)25(11-2)32(42-29)18-28-21(5)20(4)27(41-28)16-31-24(8)34-38(44-31)35(37(26)43-30)36(39(34)46)40(47)48-9/h11,14,16-18,23,26,36,41-44H,2,10,12-13,15H2,1,3-9H3/b19-14-,27-16-,28-18-,30-17-,37-35-/t23-,26-,36+/m0/s1. The number of fused-ring (bicyclic) bond motifs is 7. The second-order valence-electron chi connectivity index (χ2n) is 13.5. The van der Waals surface area contributed by atoms with Crippen LogP contribution in [0.3, 0.4) is 0 Å². The van der Waals surface area contributed by atoms with Crippen LogP contribution in [-0.4, -0.2) is 46.4 Å². The van der Waals surface area contributed by atoms with E-state index in [2.05, 4.69) is 73.6 Å². The molecule has 0 radical (unpaired) electrons. The first-order valence-corrected chi connectivity index (χ1v) is 17.0. The van der Waals surface area contributed by atoms with Crippen LogP contribution in [0.2, 0.25) is 0 Å². The number of allylic oxidation sites excluding steroid dienone is 3. The van der Waals surface area contributed by atoms with Crippen LogP contribution in [0.1, 0.15) is 101 Å². The van der Waals surface area contributed by atoms with Crippen molar-refractivity contribution in [1.82, 2.24) is 20.3 Å². The lowest BCUT2D eigenvalue weighted by atomic mass is 9.85. The molecule has 0 spiro atoms. The zero-order valence-electron chi connectivity index (χ0n) is 29.7. The highest BCUT2D eigenvalue weighted by molar-refractivity contribution is 6.24. The van der Waals surface area contributed by atoms with Crippen molar-refractivity contribution in [1.29, 1.82) is 0 Å². The van der Waals surface area contributed by atoms with Gasteiger partial charge in [-0.15, -0.1) is 0 Å². The molecule has 8 bridgehead atoms. The molecule has 0 aromatic carbocycles. The van der Waals surface area contributed by atoms with Crippen LogP contribution >= 0.6 is 0 Å². The van der Waals surface area contributed by atoms with Gasteiger partial charge in [0.25, 0.3) is 0 Å². The van der Waals surface area contributed by atoms with Crippen molar-refractivity contribution < 1.29 is 23.9 Å². The Morgan fingerprint density at radius 1 is 0.939 bits per heavy atom. The van der Waals surface area contributed by atoms with Crippen LogP contribution in [0.15, 0.2) is 29.6 Å². The van der Waals surface area contributed by atoms with E-state index in [1.54, 1.807) is 0 Å². The van der Waals surface area contributed by atoms with Gasteiger partial charge in [-0.05, 0) is 94.0 Å². The van der Waals surface area contributed by atoms with Gasteiger partial charge in [0.05, 0.1) is 12.8 Å². The summed E-state index contributed by atoms with van der Waals surface area (Å²) < 4.78 is 10.8. The molecule has 1 aliphatic carbocycles. The van der Waals surface area contributed by atoms with Crippen molar-refractivity contribution in [2.45, 2.75) is 67.7 Å². The SMILES string of the molecule is C=Cc1c2[nH]c(c1C)/C=C1\N/C(=C3\c4[nH]c(c(C)c4C(=O)[C@@H]3C(=O)OC)/C=c3\[nH]/c(c(C)c3C)=C\2)[C@@H](CCC(=O)OC/C=C(/C)CC)[C@@H]1C. The number of Topliss-reactive ketones (excluding diaryl/α,β-unsaturated/α-hetero) is 1. The fourth-order valence-corrected chi connectivity index (χ4v) is 7.39. The maximum Gasteiger partial charge on any atom is 0.321 e. The number of ketones is 1. The number of hydrogen-bond donors (Lipinski definition) is 4. The number of carbonyl (C=O) groups excluding carboxylic acids is 3. The highest BCUT2D eigenvalue weighted by atomic mass is 16.5. The summed E-state index contributed by atoms with van der Waals surface area (Å²) in [6.45, 7) is 18.7. The maximum absolute atomic E-state index is 14.2. The van der Waals surface area contributed by atoms with Crippen LogP contribution in [0.5, 0.6) is 0 Å². The van der Waals surface area contributed by atoms with Gasteiger partial charge in [-0.3, -0.25) is 14.4 Å². The molecule has 1 saturated heterocycles. The van der Waals surface area contributed by atoms with Gasteiger partial charge in [0.2, 0.25) is 0 Å². The Bertz CT molecular complexity index is 2130. The molecule has 6 rings (SSSR count). The average Bonchev–Trinajstić information content (AvgIpc) is 3.81. The number of aromatic nitrogens is 3. The van der Waals surface area contributed by atoms with Crippen LogP contribution in [0.4, 0.5) is 0 Å². The minimum atomic E-state index is -1.13. The Morgan fingerprint density at radius 3 is 2.27 bits per heavy atom. The molecule has 5 heterocycles. The number of aromatic amines is 3. The average molecular weight is 663 g/mol. The van der Waals surface area contributed by atoms with Crippen molar-refractivity contribution in [3.63, 3.8) is 0 Å². The van der Waals surface area contributed by atoms with Crippen molar-refractivity contribution in [3.8, 4) is 0 Å². The van der Waals surface area contributed by atoms with E-state index in [1.165, 1.54) is 7.11 Å². The number of esters is 2. The number of hydrogen-bond acceptors (Lipinski definition) is 6. The molecule has 3 aromatic rings. The van der Waals surface area contributed by atoms with Gasteiger partial charge < -0.3 is 29.7 Å². The predicted octanol–water partition coefficient (Wildman–Crippen LogP) is 5.79. The first-order valence-electron chi connectivity index (χ1n) is 17.0. The van der Waals surface area contributed by atoms with Crippen molar-refractivity contribution >= 4 is 47.6 Å². The largest absolute Gasteiger partial charge is 0.468 e. The summed E-state index contributed by atoms with van der Waals surface area (Å²) in [6, 6.07) is 0. The smallest absolute Gasteiger partial charge is 0.321 e. The first kappa shape index (κ1) is 33.8. The van der Waals surface area contributed by atoms with Crippen LogP contribution < -0.4 is 16.0 Å². The Balaban J connectivity index is 1.58. The van der Waals surface area contributed by atoms with Gasteiger partial charge >= 0.3 is 11.9 Å². The lowest BCUT2D eigenvalue weighted by Gasteiger charge is -2.19. The van der Waals surface area contributed by atoms with Crippen LogP contribution in [-0.2, 0) is 19.1 Å². The Hall–Kier alpha value is -5.05. The van der Waals surface area contributed by atoms with E-state index >= 15 is 0 Å². The van der Waals surface area contributed by atoms with E-state index in [-0.39, 0.29) is 36.6 Å². The summed E-state index contributed by atoms with van der Waals surface area (Å²) in [5.41, 5.74) is 12.2. The van der Waals surface area contributed by atoms with Crippen LogP contribution in [0, 0.1) is 45.4 Å². The van der Waals surface area contributed by atoms with E-state index in [4.69, 9.17) is 9.47 Å². The lowest BCUT2D eigenvalue weighted by Crippen LogP contribution is -2.25. The number of carbonyl (C=O) groups is 3. The molecule has 9 nitrogen and oxygen atoms in total. The topological polar surface area (TPSA) is 129 Å². The van der Waals surface area contributed by atoms with Gasteiger partial charge in [0.1, 0.15) is 12.5 Å². The number of methoxy groups -OCH3 is 1. The molecule has 4 N–H and O–H groups in total. The monoisotopic (exact) mass is 662 g/mol. The summed E-state index contributed by atoms with van der Waals surface area (Å²) in [5.74, 6) is -2.63. The first-order chi connectivity index (χ1) is 23.4. The molecular formula is C40H46N4O5. The maximum atomic E-state index is 14.2. The number of nitrogens with one attached hydrogen (secondary N) is 4. The summed E-state index contributed by atoms with van der Waals surface area (Å²) in [6.07, 6.45) is 11.6. The Labute approximate surface area is 286 Å². The second-order valence-corrected chi connectivity index (χ2v) is 13.5. The highest BCUT2D eigenvalue weighted by Crippen LogP contribution is 2.48. The molecule has 256 valence electrons. The minimum absolute atomic E-state index is 0.0782. The number of ether oxygens (including phenoxy) is 2. The third-order valence-electron chi connectivity index (χ3n) is 10.8. The van der Waals surface area contributed by atoms with Gasteiger partial charge in [-0.2, -0.15) is 0 Å². The quantitative estimate of drug-likeness (QED) is 0.137. The zero-order chi connectivity index (χ0) is 35.3. The normalized spacial score (nSPS) is 23.6. The molecule has 0 saturated carbocycles. The van der Waals surface area contributed by atoms with E-state index in [1.807, 2.05) is 32.1 Å². The molecule has 3 aromatic heterocycles. The van der Waals surface area contributed by atoms with E-state index < -0.39 is 11.9 Å². The number of H-pyrrole nitrogens is 3. The van der Waals surface area contributed by atoms with E-state index in [0.29, 0.717) is 23.3 Å². The van der Waals surface area contributed by atoms with E-state index in [9.17, 15) is 14.4 Å². The number of rotatable bonds is 8. The molecule has 9 heteroatoms. The third kappa shape index (κ3) is 5.75. The Morgan fingerprint density at radius 2 is 1.61 bits per heavy atom. The summed E-state index contributed by atoms with van der Waals surface area (Å²) in [5, 5.41) is 5.55. The molecule has 0 unspecified atom stereocenters. The fraction of sp³-hybridized carbons (Fsp3) is 0.375. The van der Waals surface area contributed by atoms with Crippen molar-refractivity contribution in [2.24, 2.45) is 17.8 Å². The molecular weight excluding hydrogens is 616 g/mol. The fourth-order valence-electron chi connectivity index (χ4n) is 7.39. The van der Waals surface area contributed by atoms with Crippen LogP contribution in [0.25, 0.3) is 29.9 Å². The molecule has 0 amide bonds. The second kappa shape index (κ2) is 13.1. The molecule has 1 fully saturated rings. The van der Waals surface area contributed by atoms with Gasteiger partial charge in [-0.1, -0.05) is 32.1 Å². The molecule has 49 heavy (non-hydrogen) atoms. The molecule has 3 aliphatic rings. The summed E-state index contributed by atoms with van der Waals surface area (Å²) in [7, 11) is 1.31. The van der Waals surface area contributed by atoms with Gasteiger partial charge in [0, 0.05) is 74.1 Å². The van der Waals surface area contributed by atoms with Gasteiger partial charge in [-0.25, -0.2) is 0 Å². The van der Waals surface area contributed by atoms with Crippen molar-refractivity contribution in [2.75, 3.05) is 13.7 Å². The lowest BCUT2D eigenvalue weighted by molar-refractivity contribution is -0.143. The summed E-state index contributed by atoms with van der Waals surface area (Å²) >= 11 is 0. The predicted molar refractivity (Wildman–Crippen MR) is 193 cm³/mol. The Kier molecular flexibility index (Phi) is 9.05.